The highest BCUT2D eigenvalue weighted by Gasteiger charge is 2.85. The number of esters is 1. The van der Waals surface area contributed by atoms with Gasteiger partial charge in [0, 0.05) is 7.11 Å². The number of ether oxygens (including phenoxy) is 10. The number of carbonyl (C=O) groups excluding carboxylic acids is 1. The lowest BCUT2D eigenvalue weighted by atomic mass is 9.40. The Hall–Kier alpha value is -1.76. The van der Waals surface area contributed by atoms with Crippen molar-refractivity contribution in [3.63, 3.8) is 0 Å². The van der Waals surface area contributed by atoms with Crippen molar-refractivity contribution >= 4 is 16.4 Å². The average molecular weight is 1200 g/mol. The summed E-state index contributed by atoms with van der Waals surface area (Å²) < 4.78 is 97.8. The first kappa shape index (κ1) is 64.7. The van der Waals surface area contributed by atoms with Crippen molar-refractivity contribution in [3.8, 4) is 0 Å². The summed E-state index contributed by atoms with van der Waals surface area (Å²) >= 11 is 0. The van der Waals surface area contributed by atoms with Crippen molar-refractivity contribution in [1.29, 1.82) is 0 Å². The number of cyclic esters (lactones) is 1. The molecule has 0 aromatic carbocycles. The molecule has 0 aromatic rings. The van der Waals surface area contributed by atoms with Crippen LogP contribution in [0.4, 0.5) is 0 Å². The van der Waals surface area contributed by atoms with E-state index in [1.807, 2.05) is 34.6 Å². The molecule has 9 aliphatic rings. The molecule has 28 heteroatoms. The molecule has 13 N–H and O–H groups in total. The standard InChI is InChI=1S/C54H88O27S/c1-22(2)26(57)12-15-52(8)53(67)17-16-51(7)24-10-11-30-49(4,5)32(13-14-50(30,6)25(24)18-31(58)54(51,53)48(66)80-52)76-47-43(35(61)29(21-72-47)81-82(68,69)70)79-44-37(63)36(62)40(23(3)73-44)77-46-39(65)42(34(60)28(20-56)75-46)78-45-38(64)41(71-9)33(59)27(19-55)74-45/h18,22-24,26-47,55-65,67H,10-17,19-21H2,1-9H3,(H,68,69,70)/t23-,24-,26?,27-,28-,29-,30+,31+,32+,33-,34-,35+,36-,37-,38-,39-,40-,41+,42+,43-,44+,45+,46+,47+,50-,51+,52+,53+,54-/m1/s1. The van der Waals surface area contributed by atoms with Gasteiger partial charge >= 0.3 is 16.4 Å². The van der Waals surface area contributed by atoms with Gasteiger partial charge in [0.1, 0.15) is 102 Å². The summed E-state index contributed by atoms with van der Waals surface area (Å²) in [6.07, 6.45) is -30.2. The van der Waals surface area contributed by atoms with Crippen molar-refractivity contribution in [2.45, 2.75) is 253 Å². The second-order valence-electron chi connectivity index (χ2n) is 26.1. The molecule has 1 unspecified atom stereocenters. The molecule has 0 bridgehead atoms. The number of allylic oxidation sites excluding steroid dienone is 1. The maximum Gasteiger partial charge on any atom is 0.397 e. The second-order valence-corrected chi connectivity index (χ2v) is 27.1. The SMILES string of the molecule is CO[C@@H]1[C@@H](O)[C@H](O[C@@H]2[C@@H](O)[C@H](O[C@H]3[C@H](O)[C@@H](O)[C@H](O[C@H]4[C@H](O[C@H]5CC[C@]6(C)C7=C[C@H](O)[C@]89C(=O)O[C@@](C)(CCC(O)C(C)C)[C@@]8(O)CC[C@@]9(C)[C@@H]7CC[C@H]6C5(C)C)OC[C@@H](OS(=O)(=O)O)[C@@H]4O)O[C@@H]3C)O[C@H](CO)[C@H]2O)O[C@H](CO)[C@H]1O. The monoisotopic (exact) mass is 1200 g/mol. The van der Waals surface area contributed by atoms with Crippen LogP contribution in [0.15, 0.2) is 11.6 Å². The summed E-state index contributed by atoms with van der Waals surface area (Å²) in [5, 5.41) is 135. The van der Waals surface area contributed by atoms with E-state index in [0.29, 0.717) is 32.1 Å². The van der Waals surface area contributed by atoms with Crippen LogP contribution in [0.1, 0.15) is 107 Å². The number of methoxy groups -OCH3 is 1. The molecule has 5 heterocycles. The number of rotatable bonds is 17. The van der Waals surface area contributed by atoms with Crippen LogP contribution >= 0.6 is 0 Å². The van der Waals surface area contributed by atoms with E-state index < -0.39 is 204 Å². The zero-order chi connectivity index (χ0) is 60.4. The lowest BCUT2D eigenvalue weighted by Gasteiger charge is -2.64. The minimum atomic E-state index is -5.20. The number of hydrogen-bond acceptors (Lipinski definition) is 26. The molecule has 29 atom stereocenters. The van der Waals surface area contributed by atoms with Gasteiger partial charge in [-0.1, -0.05) is 53.2 Å². The predicted molar refractivity (Wildman–Crippen MR) is 275 cm³/mol. The van der Waals surface area contributed by atoms with Crippen LogP contribution < -0.4 is 0 Å². The molecule has 5 aliphatic heterocycles. The summed E-state index contributed by atoms with van der Waals surface area (Å²) in [7, 11) is -4.02. The van der Waals surface area contributed by atoms with Gasteiger partial charge in [-0.2, -0.15) is 8.42 Å². The molecule has 0 radical (unpaired) electrons. The highest BCUT2D eigenvalue weighted by atomic mass is 32.3. The second kappa shape index (κ2) is 23.3. The Kier molecular flexibility index (Phi) is 18.4. The summed E-state index contributed by atoms with van der Waals surface area (Å²) in [6, 6.07) is 0. The summed E-state index contributed by atoms with van der Waals surface area (Å²) in [5.41, 5.74) is -6.01. The minimum absolute atomic E-state index is 0.0583. The molecule has 4 aliphatic carbocycles. The Labute approximate surface area is 476 Å². The Morgan fingerprint density at radius 2 is 1.29 bits per heavy atom. The summed E-state index contributed by atoms with van der Waals surface area (Å²) in [5.74, 6) is -1.08. The van der Waals surface area contributed by atoms with Gasteiger partial charge in [0.15, 0.2) is 25.2 Å². The first-order valence-electron chi connectivity index (χ1n) is 28.6. The Balaban J connectivity index is 0.912. The van der Waals surface area contributed by atoms with Crippen LogP contribution in [-0.2, 0) is 66.7 Å². The lowest BCUT2D eigenvalue weighted by molar-refractivity contribution is -0.389. The van der Waals surface area contributed by atoms with Crippen molar-refractivity contribution in [2.75, 3.05) is 26.9 Å². The van der Waals surface area contributed by atoms with Crippen LogP contribution in [0.2, 0.25) is 0 Å². The van der Waals surface area contributed by atoms with E-state index in [4.69, 9.17) is 51.6 Å². The first-order valence-corrected chi connectivity index (χ1v) is 30.0. The van der Waals surface area contributed by atoms with Crippen molar-refractivity contribution in [3.05, 3.63) is 11.6 Å². The molecular weight excluding hydrogens is 1110 g/mol. The molecule has 9 rings (SSSR count). The number of hydrogen-bond donors (Lipinski definition) is 13. The molecule has 82 heavy (non-hydrogen) atoms. The van der Waals surface area contributed by atoms with Crippen LogP contribution in [0.25, 0.3) is 0 Å². The van der Waals surface area contributed by atoms with Gasteiger partial charge < -0.3 is 109 Å². The minimum Gasteiger partial charge on any atom is -0.456 e. The third kappa shape index (κ3) is 10.4. The summed E-state index contributed by atoms with van der Waals surface area (Å²) in [4.78, 5) is 14.5. The van der Waals surface area contributed by atoms with Crippen LogP contribution in [0.3, 0.4) is 0 Å². The third-order valence-corrected chi connectivity index (χ3v) is 21.5. The molecule has 0 aromatic heterocycles. The smallest absolute Gasteiger partial charge is 0.397 e. The Morgan fingerprint density at radius 3 is 1.89 bits per heavy atom. The highest BCUT2D eigenvalue weighted by molar-refractivity contribution is 7.80. The van der Waals surface area contributed by atoms with Crippen molar-refractivity contribution in [1.82, 2.24) is 0 Å². The molecule has 3 saturated carbocycles. The first-order chi connectivity index (χ1) is 38.2. The fourth-order valence-corrected chi connectivity index (χ4v) is 16.8. The lowest BCUT2D eigenvalue weighted by Crippen LogP contribution is -2.68. The normalized spacial score (nSPS) is 51.6. The van der Waals surface area contributed by atoms with E-state index in [2.05, 4.69) is 6.92 Å². The molecule has 27 nitrogen and oxygen atoms in total. The Morgan fingerprint density at radius 1 is 0.707 bits per heavy atom. The van der Waals surface area contributed by atoms with Gasteiger partial charge in [-0.15, -0.1) is 0 Å². The van der Waals surface area contributed by atoms with E-state index in [1.54, 1.807) is 13.0 Å². The van der Waals surface area contributed by atoms with Gasteiger partial charge in [0.2, 0.25) is 0 Å². The van der Waals surface area contributed by atoms with Gasteiger partial charge in [-0.3, -0.25) is 9.35 Å². The van der Waals surface area contributed by atoms with E-state index in [0.717, 1.165) is 5.57 Å². The van der Waals surface area contributed by atoms with E-state index in [1.165, 1.54) is 14.0 Å². The third-order valence-electron chi connectivity index (χ3n) is 21.0. The highest BCUT2D eigenvalue weighted by Crippen LogP contribution is 2.77. The predicted octanol–water partition coefficient (Wildman–Crippen LogP) is -2.42. The molecule has 472 valence electrons. The van der Waals surface area contributed by atoms with Gasteiger partial charge in [-0.25, -0.2) is 4.18 Å². The van der Waals surface area contributed by atoms with Crippen LogP contribution in [0, 0.1) is 39.4 Å². The van der Waals surface area contributed by atoms with E-state index in [-0.39, 0.29) is 37.0 Å². The zero-order valence-corrected chi connectivity index (χ0v) is 48.5. The maximum absolute atomic E-state index is 14.5. The molecule has 1 spiro atoms. The quantitative estimate of drug-likeness (QED) is 0.0312. The Bertz CT molecular complexity index is 2420. The van der Waals surface area contributed by atoms with Crippen molar-refractivity contribution in [2.24, 2.45) is 39.4 Å². The van der Waals surface area contributed by atoms with Crippen molar-refractivity contribution < 1.29 is 131 Å². The van der Waals surface area contributed by atoms with E-state index >= 15 is 0 Å². The fourth-order valence-electron chi connectivity index (χ4n) is 16.3. The maximum atomic E-state index is 14.5. The topological polar surface area (TPSA) is 416 Å². The van der Waals surface area contributed by atoms with E-state index in [9.17, 15) is 79.0 Å². The average Bonchev–Trinajstić information content (AvgIpc) is 1.45. The number of carbonyl (C=O) groups is 1. The summed E-state index contributed by atoms with van der Waals surface area (Å²) in [6.45, 7) is 12.8. The molecular formula is C54H88O27S. The molecule has 8 fully saturated rings. The zero-order valence-electron chi connectivity index (χ0n) is 47.7. The largest absolute Gasteiger partial charge is 0.456 e. The molecule has 0 amide bonds. The fraction of sp³-hybridized carbons (Fsp3) is 0.944. The van der Waals surface area contributed by atoms with Gasteiger partial charge in [0.05, 0.1) is 44.2 Å². The number of aliphatic hydroxyl groups excluding tert-OH is 11. The van der Waals surface area contributed by atoms with Gasteiger partial charge in [0.25, 0.3) is 0 Å². The van der Waals surface area contributed by atoms with Crippen LogP contribution in [0.5, 0.6) is 0 Å². The number of aliphatic hydroxyl groups is 12. The number of fused-ring (bicyclic) bond motifs is 4. The van der Waals surface area contributed by atoms with Crippen LogP contribution in [-0.4, -0.2) is 253 Å². The van der Waals surface area contributed by atoms with Gasteiger partial charge in [-0.05, 0) is 99.2 Å². The molecule has 5 saturated heterocycles.